The Hall–Kier alpha value is -2.80. The number of urea groups is 1. The molecule has 0 atom stereocenters. The summed E-state index contributed by atoms with van der Waals surface area (Å²) in [6.07, 6.45) is 0. The number of amides is 2. The lowest BCUT2D eigenvalue weighted by atomic mass is 10.0. The Morgan fingerprint density at radius 2 is 1.88 bits per heavy atom. The quantitative estimate of drug-likeness (QED) is 0.720. The first-order chi connectivity index (χ1) is 12.2. The van der Waals surface area contributed by atoms with Crippen LogP contribution >= 0.6 is 11.3 Å². The zero-order valence-corrected chi connectivity index (χ0v) is 15.1. The van der Waals surface area contributed by atoms with Gasteiger partial charge >= 0.3 is 6.03 Å². The minimum absolute atomic E-state index is 0.265. The smallest absolute Gasteiger partial charge is 0.321 e. The van der Waals surface area contributed by atoms with Gasteiger partial charge in [0.2, 0.25) is 0 Å². The van der Waals surface area contributed by atoms with Gasteiger partial charge in [0.1, 0.15) is 11.5 Å². The number of rotatable bonds is 5. The molecule has 0 radical (unpaired) electrons. The number of hydrogen-bond acceptors (Lipinski definition) is 5. The molecule has 0 saturated carbocycles. The summed E-state index contributed by atoms with van der Waals surface area (Å²) in [6.45, 7) is 2.42. The summed E-state index contributed by atoms with van der Waals surface area (Å²) in [7, 11) is 3.27. The topological polar surface area (TPSA) is 72.5 Å². The molecule has 0 spiro atoms. The van der Waals surface area contributed by atoms with Gasteiger partial charge in [0.25, 0.3) is 0 Å². The van der Waals surface area contributed by atoms with Crippen LogP contribution in [-0.2, 0) is 0 Å². The zero-order chi connectivity index (χ0) is 17.8. The van der Waals surface area contributed by atoms with E-state index in [-0.39, 0.29) is 6.03 Å². The van der Waals surface area contributed by atoms with E-state index in [2.05, 4.69) is 15.6 Å². The third kappa shape index (κ3) is 3.51. The summed E-state index contributed by atoms with van der Waals surface area (Å²) in [5, 5.41) is 5.97. The maximum atomic E-state index is 11.7. The fraction of sp³-hybridized carbons (Fsp3) is 0.222. The monoisotopic (exact) mass is 357 g/mol. The highest BCUT2D eigenvalue weighted by Crippen LogP contribution is 2.40. The Balaban J connectivity index is 2.06. The number of nitrogens with one attached hydrogen (secondary N) is 2. The lowest BCUT2D eigenvalue weighted by Gasteiger charge is -2.12. The van der Waals surface area contributed by atoms with Gasteiger partial charge in [0, 0.05) is 23.7 Å². The number of ether oxygens (including phenoxy) is 2. The van der Waals surface area contributed by atoms with Gasteiger partial charge in [-0.05, 0) is 19.1 Å². The predicted molar refractivity (Wildman–Crippen MR) is 101 cm³/mol. The van der Waals surface area contributed by atoms with E-state index in [1.54, 1.807) is 14.2 Å². The van der Waals surface area contributed by atoms with Crippen molar-refractivity contribution in [2.24, 2.45) is 0 Å². The predicted octanol–water partition coefficient (Wildman–Crippen LogP) is 4.12. The van der Waals surface area contributed by atoms with E-state index >= 15 is 0 Å². The lowest BCUT2D eigenvalue weighted by molar-refractivity contribution is 0.252. The molecule has 0 aliphatic heterocycles. The SMILES string of the molecule is CCNC(=O)Nc1nc2cc(OC)c(-c3ccccc3OC)cc2s1. The van der Waals surface area contributed by atoms with Gasteiger partial charge in [-0.1, -0.05) is 29.5 Å². The third-order valence-corrected chi connectivity index (χ3v) is 4.60. The first-order valence-electron chi connectivity index (χ1n) is 7.83. The molecule has 25 heavy (non-hydrogen) atoms. The van der Waals surface area contributed by atoms with Crippen molar-refractivity contribution in [3.05, 3.63) is 36.4 Å². The number of thiazole rings is 1. The highest BCUT2D eigenvalue weighted by molar-refractivity contribution is 7.22. The minimum Gasteiger partial charge on any atom is -0.496 e. The minimum atomic E-state index is -0.265. The summed E-state index contributed by atoms with van der Waals surface area (Å²) < 4.78 is 12.0. The van der Waals surface area contributed by atoms with Crippen molar-refractivity contribution in [1.82, 2.24) is 10.3 Å². The molecule has 2 amide bonds. The number of aromatic nitrogens is 1. The molecule has 0 aliphatic carbocycles. The van der Waals surface area contributed by atoms with Crippen molar-refractivity contribution in [2.45, 2.75) is 6.92 Å². The summed E-state index contributed by atoms with van der Waals surface area (Å²) in [4.78, 5) is 16.1. The van der Waals surface area contributed by atoms with E-state index in [1.165, 1.54) is 11.3 Å². The van der Waals surface area contributed by atoms with Gasteiger partial charge in [0.05, 0.1) is 24.4 Å². The Morgan fingerprint density at radius 1 is 1.12 bits per heavy atom. The number of carbonyl (C=O) groups excluding carboxylic acids is 1. The van der Waals surface area contributed by atoms with Crippen molar-refractivity contribution in [3.63, 3.8) is 0 Å². The van der Waals surface area contributed by atoms with Gasteiger partial charge in [-0.25, -0.2) is 9.78 Å². The molecule has 3 rings (SSSR count). The number of nitrogens with zero attached hydrogens (tertiary/aromatic N) is 1. The number of hydrogen-bond donors (Lipinski definition) is 2. The third-order valence-electron chi connectivity index (χ3n) is 3.66. The summed E-state index contributed by atoms with van der Waals surface area (Å²) in [5.41, 5.74) is 2.63. The molecule has 1 heterocycles. The molecule has 130 valence electrons. The van der Waals surface area contributed by atoms with Gasteiger partial charge in [-0.3, -0.25) is 5.32 Å². The molecular formula is C18H19N3O3S. The van der Waals surface area contributed by atoms with Crippen molar-refractivity contribution < 1.29 is 14.3 Å². The molecule has 2 N–H and O–H groups in total. The first-order valence-corrected chi connectivity index (χ1v) is 8.64. The fourth-order valence-corrected chi connectivity index (χ4v) is 3.44. The standard InChI is InChI=1S/C18H19N3O3S/c1-4-19-17(22)21-18-20-13-10-15(24-3)12(9-16(13)25-18)11-7-5-6-8-14(11)23-2/h5-10H,4H2,1-3H3,(H2,19,20,21,22). The Morgan fingerprint density at radius 3 is 2.60 bits per heavy atom. The second kappa shape index (κ2) is 7.40. The van der Waals surface area contributed by atoms with E-state index < -0.39 is 0 Å². The van der Waals surface area contributed by atoms with Crippen LogP contribution in [0.3, 0.4) is 0 Å². The molecule has 7 heteroatoms. The number of methoxy groups -OCH3 is 2. The molecular weight excluding hydrogens is 338 g/mol. The number of para-hydroxylation sites is 1. The van der Waals surface area contributed by atoms with E-state index in [0.717, 1.165) is 27.1 Å². The molecule has 1 aromatic heterocycles. The van der Waals surface area contributed by atoms with Crippen LogP contribution in [-0.4, -0.2) is 31.8 Å². The van der Waals surface area contributed by atoms with Gasteiger partial charge < -0.3 is 14.8 Å². The average molecular weight is 357 g/mol. The Kier molecular flexibility index (Phi) is 5.04. The van der Waals surface area contributed by atoms with Crippen LogP contribution < -0.4 is 20.1 Å². The largest absolute Gasteiger partial charge is 0.496 e. The zero-order valence-electron chi connectivity index (χ0n) is 14.3. The maximum absolute atomic E-state index is 11.7. The van der Waals surface area contributed by atoms with Crippen LogP contribution in [0.15, 0.2) is 36.4 Å². The molecule has 3 aromatic rings. The maximum Gasteiger partial charge on any atom is 0.321 e. The molecule has 2 aromatic carbocycles. The van der Waals surface area contributed by atoms with Crippen LogP contribution in [0, 0.1) is 0 Å². The normalized spacial score (nSPS) is 10.5. The van der Waals surface area contributed by atoms with E-state index in [1.807, 2.05) is 43.3 Å². The highest BCUT2D eigenvalue weighted by Gasteiger charge is 2.15. The molecule has 6 nitrogen and oxygen atoms in total. The van der Waals surface area contributed by atoms with Gasteiger partial charge in [-0.2, -0.15) is 0 Å². The van der Waals surface area contributed by atoms with Crippen molar-refractivity contribution in [2.75, 3.05) is 26.1 Å². The van der Waals surface area contributed by atoms with E-state index in [0.29, 0.717) is 17.4 Å². The summed E-state index contributed by atoms with van der Waals surface area (Å²) >= 11 is 1.41. The molecule has 0 aliphatic rings. The summed E-state index contributed by atoms with van der Waals surface area (Å²) in [5.74, 6) is 1.47. The highest BCUT2D eigenvalue weighted by atomic mass is 32.1. The second-order valence-corrected chi connectivity index (χ2v) is 6.25. The van der Waals surface area contributed by atoms with Crippen LogP contribution in [0.4, 0.5) is 9.93 Å². The van der Waals surface area contributed by atoms with Crippen LogP contribution in [0.2, 0.25) is 0 Å². The lowest BCUT2D eigenvalue weighted by Crippen LogP contribution is -2.28. The molecule has 0 fully saturated rings. The van der Waals surface area contributed by atoms with Crippen LogP contribution in [0.5, 0.6) is 11.5 Å². The summed E-state index contributed by atoms with van der Waals surface area (Å²) in [6, 6.07) is 11.4. The van der Waals surface area contributed by atoms with Gasteiger partial charge in [-0.15, -0.1) is 0 Å². The van der Waals surface area contributed by atoms with Crippen molar-refractivity contribution in [1.29, 1.82) is 0 Å². The number of fused-ring (bicyclic) bond motifs is 1. The van der Waals surface area contributed by atoms with Crippen molar-refractivity contribution in [3.8, 4) is 22.6 Å². The Bertz CT molecular complexity index is 908. The Labute approximate surface area is 149 Å². The van der Waals surface area contributed by atoms with Gasteiger partial charge in [0.15, 0.2) is 5.13 Å². The molecule has 0 bridgehead atoms. The number of anilines is 1. The van der Waals surface area contributed by atoms with Crippen LogP contribution in [0.25, 0.3) is 21.3 Å². The number of benzene rings is 2. The second-order valence-electron chi connectivity index (χ2n) is 5.22. The fourth-order valence-electron chi connectivity index (χ4n) is 2.56. The van der Waals surface area contributed by atoms with E-state index in [4.69, 9.17) is 9.47 Å². The average Bonchev–Trinajstić information content (AvgIpc) is 3.01. The van der Waals surface area contributed by atoms with Crippen molar-refractivity contribution >= 4 is 32.7 Å². The molecule has 0 unspecified atom stereocenters. The van der Waals surface area contributed by atoms with Crippen LogP contribution in [0.1, 0.15) is 6.92 Å². The van der Waals surface area contributed by atoms with E-state index in [9.17, 15) is 4.79 Å². The molecule has 0 saturated heterocycles. The number of carbonyl (C=O) groups is 1. The first kappa shape index (κ1) is 17.0.